The maximum Gasteiger partial charge on any atom is 0.414 e. The molecule has 0 saturated carbocycles. The van der Waals surface area contributed by atoms with Crippen molar-refractivity contribution in [3.8, 4) is 5.75 Å². The molecule has 3 amide bonds. The Morgan fingerprint density at radius 2 is 1.16 bits per heavy atom. The zero-order valence-electron chi connectivity index (χ0n) is 33.5. The highest BCUT2D eigenvalue weighted by Gasteiger charge is 2.27. The van der Waals surface area contributed by atoms with E-state index in [0.717, 1.165) is 16.7 Å². The Bertz CT molecular complexity index is 1780. The number of guanidine groups is 1. The summed E-state index contributed by atoms with van der Waals surface area (Å²) in [5.41, 5.74) is 1.23. The van der Waals surface area contributed by atoms with Crippen molar-refractivity contribution >= 4 is 41.7 Å². The average Bonchev–Trinajstić information content (AvgIpc) is 3.04. The first kappa shape index (κ1) is 43.7. The van der Waals surface area contributed by atoms with Crippen LogP contribution in [0.3, 0.4) is 0 Å². The lowest BCUT2D eigenvalue weighted by Crippen LogP contribution is -2.47. The van der Waals surface area contributed by atoms with Crippen LogP contribution in [0.25, 0.3) is 0 Å². The van der Waals surface area contributed by atoms with Gasteiger partial charge in [-0.3, -0.25) is 15.4 Å². The van der Waals surface area contributed by atoms with Gasteiger partial charge in [0, 0.05) is 12.8 Å². The predicted molar refractivity (Wildman–Crippen MR) is 209 cm³/mol. The fraction of sp³-hybridized carbons (Fsp3) is 0.429. The van der Waals surface area contributed by atoms with Gasteiger partial charge in [0.1, 0.15) is 28.6 Å². The first-order valence-electron chi connectivity index (χ1n) is 18.1. The zero-order chi connectivity index (χ0) is 41.0. The summed E-state index contributed by atoms with van der Waals surface area (Å²) in [4.78, 5) is 67.8. The normalized spacial score (nSPS) is 12.0. The largest absolute Gasteiger partial charge is 0.458 e. The van der Waals surface area contributed by atoms with E-state index in [9.17, 15) is 24.0 Å². The summed E-state index contributed by atoms with van der Waals surface area (Å²) in [6.45, 7) is 17.5. The number of carbonyl (C=O) groups is 5. The van der Waals surface area contributed by atoms with E-state index in [1.165, 1.54) is 24.3 Å². The van der Waals surface area contributed by atoms with Crippen molar-refractivity contribution in [1.82, 2.24) is 16.0 Å². The van der Waals surface area contributed by atoms with Crippen LogP contribution >= 0.6 is 0 Å². The van der Waals surface area contributed by atoms with Crippen LogP contribution in [-0.4, -0.2) is 58.8 Å². The summed E-state index contributed by atoms with van der Waals surface area (Å²) in [7, 11) is 0. The molecule has 0 aliphatic heterocycles. The highest BCUT2D eigenvalue weighted by atomic mass is 16.6. The second kappa shape index (κ2) is 19.0. The van der Waals surface area contributed by atoms with E-state index in [1.54, 1.807) is 74.4 Å². The average molecular weight is 759 g/mol. The fourth-order valence-corrected chi connectivity index (χ4v) is 4.82. The van der Waals surface area contributed by atoms with Crippen LogP contribution in [0.2, 0.25) is 0 Å². The van der Waals surface area contributed by atoms with Gasteiger partial charge in [0.2, 0.25) is 11.9 Å². The molecule has 0 bridgehead atoms. The summed E-state index contributed by atoms with van der Waals surface area (Å²) in [5.74, 6) is -1.24. The molecular formula is C42H54N4O9. The second-order valence-electron chi connectivity index (χ2n) is 16.0. The molecule has 3 aromatic carbocycles. The molecule has 13 heteroatoms. The molecule has 0 heterocycles. The Kier molecular flexibility index (Phi) is 15.1. The Hall–Kier alpha value is -5.72. The number of benzene rings is 3. The number of rotatable bonds is 11. The van der Waals surface area contributed by atoms with Crippen LogP contribution < -0.4 is 20.7 Å². The summed E-state index contributed by atoms with van der Waals surface area (Å²) in [6.07, 6.45) is -0.0191. The monoisotopic (exact) mass is 758 g/mol. The van der Waals surface area contributed by atoms with Crippen molar-refractivity contribution < 1.29 is 42.9 Å². The van der Waals surface area contributed by atoms with E-state index in [0.29, 0.717) is 30.7 Å². The van der Waals surface area contributed by atoms with Gasteiger partial charge in [0.25, 0.3) is 0 Å². The van der Waals surface area contributed by atoms with Gasteiger partial charge >= 0.3 is 24.1 Å². The number of ether oxygens (including phenoxy) is 4. The van der Waals surface area contributed by atoms with E-state index in [-0.39, 0.29) is 23.9 Å². The van der Waals surface area contributed by atoms with Crippen LogP contribution in [0.15, 0.2) is 77.8 Å². The maximum atomic E-state index is 12.9. The minimum absolute atomic E-state index is 0.208. The van der Waals surface area contributed by atoms with Crippen molar-refractivity contribution in [3.05, 3.63) is 95.1 Å². The van der Waals surface area contributed by atoms with E-state index in [2.05, 4.69) is 20.9 Å². The molecule has 3 N–H and O–H groups in total. The lowest BCUT2D eigenvalue weighted by molar-refractivity contribution is -0.158. The van der Waals surface area contributed by atoms with Crippen molar-refractivity contribution in [1.29, 1.82) is 0 Å². The van der Waals surface area contributed by atoms with Gasteiger partial charge in [-0.2, -0.15) is 0 Å². The number of alkyl carbamates (subject to hydrolysis) is 2. The first-order valence-corrected chi connectivity index (χ1v) is 18.1. The second-order valence-corrected chi connectivity index (χ2v) is 16.0. The molecule has 0 spiro atoms. The number of aryl methyl sites for hydroxylation is 2. The molecule has 13 nitrogen and oxygen atoms in total. The number of esters is 2. The van der Waals surface area contributed by atoms with Crippen LogP contribution in [-0.2, 0) is 36.6 Å². The van der Waals surface area contributed by atoms with E-state index >= 15 is 0 Å². The van der Waals surface area contributed by atoms with E-state index in [1.807, 2.05) is 43.3 Å². The number of hydrogen-bond acceptors (Lipinski definition) is 10. The van der Waals surface area contributed by atoms with Gasteiger partial charge in [-0.1, -0.05) is 42.0 Å². The van der Waals surface area contributed by atoms with Gasteiger partial charge in [0.15, 0.2) is 0 Å². The number of aliphatic imine (C=N–C) groups is 1. The number of nitrogens with zero attached hydrogens (tertiary/aromatic N) is 1. The molecule has 0 fully saturated rings. The van der Waals surface area contributed by atoms with Crippen molar-refractivity contribution in [2.45, 2.75) is 118 Å². The standard InChI is InChI=1S/C42H54N4O9/c1-27-14-16-29(17-15-27)26-33(36(49)53-40(2,3)4)44-34(47)13-11-12-28-18-24-32(25-19-28)52-35(48)30-20-22-31(23-21-30)43-37(45-38(50)54-41(5,6)7)46-39(51)55-42(8,9)10/h14-25,33H,11-13,26H2,1-10H3,(H,44,47)(H2,43,45,46,50,51)/t33-/m0/s1. The molecule has 0 aromatic heterocycles. The third-order valence-electron chi connectivity index (χ3n) is 7.17. The molecule has 55 heavy (non-hydrogen) atoms. The van der Waals surface area contributed by atoms with Crippen LogP contribution in [0.5, 0.6) is 5.75 Å². The SMILES string of the molecule is Cc1ccc(C[C@H](NC(=O)CCCc2ccc(OC(=O)c3ccc(N=C(NC(=O)OC(C)(C)C)NC(=O)OC(C)(C)C)cc3)cc2)C(=O)OC(C)(C)C)cc1. The molecule has 296 valence electrons. The third kappa shape index (κ3) is 17.3. The zero-order valence-corrected chi connectivity index (χ0v) is 33.5. The number of nitrogens with one attached hydrogen (secondary N) is 3. The minimum atomic E-state index is -0.836. The van der Waals surface area contributed by atoms with Crippen LogP contribution in [0.4, 0.5) is 15.3 Å². The highest BCUT2D eigenvalue weighted by Crippen LogP contribution is 2.19. The summed E-state index contributed by atoms with van der Waals surface area (Å²) in [5, 5.41) is 7.67. The van der Waals surface area contributed by atoms with Crippen molar-refractivity contribution in [2.75, 3.05) is 0 Å². The fourth-order valence-electron chi connectivity index (χ4n) is 4.82. The lowest BCUT2D eigenvalue weighted by Gasteiger charge is -2.24. The molecule has 0 aliphatic carbocycles. The van der Waals surface area contributed by atoms with Crippen molar-refractivity contribution in [2.24, 2.45) is 4.99 Å². The minimum Gasteiger partial charge on any atom is -0.458 e. The van der Waals surface area contributed by atoms with E-state index in [4.69, 9.17) is 18.9 Å². The molecule has 1 atom stereocenters. The van der Waals surface area contributed by atoms with Gasteiger partial charge < -0.3 is 24.3 Å². The summed E-state index contributed by atoms with van der Waals surface area (Å²) >= 11 is 0. The third-order valence-corrected chi connectivity index (χ3v) is 7.17. The Morgan fingerprint density at radius 1 is 0.655 bits per heavy atom. The van der Waals surface area contributed by atoms with Gasteiger partial charge in [-0.25, -0.2) is 24.2 Å². The molecular weight excluding hydrogens is 704 g/mol. The number of carbonyl (C=O) groups excluding carboxylic acids is 5. The number of amides is 3. The quantitative estimate of drug-likeness (QED) is 0.0585. The Labute approximate surface area is 323 Å². The molecule has 0 saturated heterocycles. The Morgan fingerprint density at radius 3 is 1.67 bits per heavy atom. The molecule has 0 aliphatic rings. The topological polar surface area (TPSA) is 171 Å². The Balaban J connectivity index is 1.56. The van der Waals surface area contributed by atoms with Crippen LogP contribution in [0.1, 0.15) is 102 Å². The van der Waals surface area contributed by atoms with Crippen LogP contribution in [0, 0.1) is 6.92 Å². The van der Waals surface area contributed by atoms with Crippen molar-refractivity contribution in [3.63, 3.8) is 0 Å². The number of hydrogen-bond donors (Lipinski definition) is 3. The lowest BCUT2D eigenvalue weighted by atomic mass is 10.0. The summed E-state index contributed by atoms with van der Waals surface area (Å²) in [6, 6.07) is 20.0. The predicted octanol–water partition coefficient (Wildman–Crippen LogP) is 7.64. The van der Waals surface area contributed by atoms with Gasteiger partial charge in [0.05, 0.1) is 11.3 Å². The molecule has 0 radical (unpaired) electrons. The van der Waals surface area contributed by atoms with E-state index < -0.39 is 47.0 Å². The molecule has 3 rings (SSSR count). The molecule has 0 unspecified atom stereocenters. The van der Waals surface area contributed by atoms with Gasteiger partial charge in [-0.15, -0.1) is 0 Å². The first-order chi connectivity index (χ1) is 25.5. The smallest absolute Gasteiger partial charge is 0.414 e. The molecule has 3 aromatic rings. The maximum absolute atomic E-state index is 12.9. The van der Waals surface area contributed by atoms with Gasteiger partial charge in [-0.05, 0) is 130 Å². The summed E-state index contributed by atoms with van der Waals surface area (Å²) < 4.78 is 21.7. The highest BCUT2D eigenvalue weighted by molar-refractivity contribution is 6.02.